The smallest absolute Gasteiger partial charge is 0.295 e. The van der Waals surface area contributed by atoms with Crippen LogP contribution in [0.4, 0.5) is 5.69 Å². The van der Waals surface area contributed by atoms with Crippen LogP contribution in [0.2, 0.25) is 0 Å². The van der Waals surface area contributed by atoms with Crippen LogP contribution in [0.5, 0.6) is 0 Å². The summed E-state index contributed by atoms with van der Waals surface area (Å²) in [6.07, 6.45) is 1.69. The van der Waals surface area contributed by atoms with Crippen molar-refractivity contribution in [1.29, 1.82) is 0 Å². The number of nitrogens with one attached hydrogen (secondary N) is 1. The van der Waals surface area contributed by atoms with Crippen molar-refractivity contribution in [2.24, 2.45) is 0 Å². The summed E-state index contributed by atoms with van der Waals surface area (Å²) in [6, 6.07) is 7.73. The van der Waals surface area contributed by atoms with Gasteiger partial charge in [-0.25, -0.2) is 4.98 Å². The van der Waals surface area contributed by atoms with Crippen molar-refractivity contribution in [2.45, 2.75) is 31.4 Å². The Hall–Kier alpha value is -2.61. The predicted molar refractivity (Wildman–Crippen MR) is 88.6 cm³/mol. The van der Waals surface area contributed by atoms with Crippen LogP contribution in [0.15, 0.2) is 44.6 Å². The first-order valence-corrected chi connectivity index (χ1v) is 9.05. The van der Waals surface area contributed by atoms with E-state index in [1.165, 1.54) is 12.1 Å². The Bertz CT molecular complexity index is 1110. The SMILES string of the molecule is Cc1ccc(S(=O)(=O)Nc2ccc3nc4n(c(=O)c3c2)CCC4)o1. The van der Waals surface area contributed by atoms with E-state index in [-0.39, 0.29) is 10.7 Å². The lowest BCUT2D eigenvalue weighted by Crippen LogP contribution is -2.21. The molecule has 7 nitrogen and oxygen atoms in total. The summed E-state index contributed by atoms with van der Waals surface area (Å²) >= 11 is 0. The van der Waals surface area contributed by atoms with Gasteiger partial charge in [-0.1, -0.05) is 0 Å². The van der Waals surface area contributed by atoms with Crippen LogP contribution in [0, 0.1) is 6.92 Å². The van der Waals surface area contributed by atoms with Crippen molar-refractivity contribution in [3.63, 3.8) is 0 Å². The van der Waals surface area contributed by atoms with Crippen LogP contribution in [-0.4, -0.2) is 18.0 Å². The van der Waals surface area contributed by atoms with Gasteiger partial charge in [0.2, 0.25) is 5.09 Å². The van der Waals surface area contributed by atoms with Crippen LogP contribution in [0.25, 0.3) is 10.9 Å². The van der Waals surface area contributed by atoms with Crippen LogP contribution >= 0.6 is 0 Å². The average molecular weight is 345 g/mol. The lowest BCUT2D eigenvalue weighted by Gasteiger charge is -2.08. The number of nitrogens with zero attached hydrogens (tertiary/aromatic N) is 2. The highest BCUT2D eigenvalue weighted by Crippen LogP contribution is 2.22. The molecule has 3 aromatic rings. The van der Waals surface area contributed by atoms with Gasteiger partial charge < -0.3 is 4.42 Å². The fourth-order valence-corrected chi connectivity index (χ4v) is 3.94. The summed E-state index contributed by atoms with van der Waals surface area (Å²) in [5.74, 6) is 1.29. The number of fused-ring (bicyclic) bond motifs is 2. The van der Waals surface area contributed by atoms with Gasteiger partial charge in [0.25, 0.3) is 15.6 Å². The van der Waals surface area contributed by atoms with E-state index in [1.54, 1.807) is 29.7 Å². The van der Waals surface area contributed by atoms with Crippen molar-refractivity contribution in [3.8, 4) is 0 Å². The Morgan fingerprint density at radius 1 is 1.25 bits per heavy atom. The molecule has 1 N–H and O–H groups in total. The van der Waals surface area contributed by atoms with Crippen LogP contribution in [-0.2, 0) is 23.0 Å². The summed E-state index contributed by atoms with van der Waals surface area (Å²) in [5, 5.41) is 0.236. The van der Waals surface area contributed by atoms with E-state index in [1.807, 2.05) is 0 Å². The summed E-state index contributed by atoms with van der Waals surface area (Å²) in [7, 11) is -3.83. The zero-order chi connectivity index (χ0) is 16.9. The molecule has 0 spiro atoms. The number of benzene rings is 1. The predicted octanol–water partition coefficient (Wildman–Crippen LogP) is 2.04. The van der Waals surface area contributed by atoms with Crippen molar-refractivity contribution in [1.82, 2.24) is 9.55 Å². The molecule has 3 heterocycles. The second-order valence-electron chi connectivity index (χ2n) is 5.79. The van der Waals surface area contributed by atoms with E-state index in [2.05, 4.69) is 9.71 Å². The minimum Gasteiger partial charge on any atom is -0.448 e. The molecule has 0 saturated carbocycles. The molecule has 8 heteroatoms. The normalized spacial score (nSPS) is 14.0. The molecule has 2 aromatic heterocycles. The minimum atomic E-state index is -3.83. The molecule has 0 saturated heterocycles. The molecule has 0 fully saturated rings. The molecule has 0 radical (unpaired) electrons. The lowest BCUT2D eigenvalue weighted by atomic mass is 10.2. The van der Waals surface area contributed by atoms with Gasteiger partial charge in [-0.2, -0.15) is 8.42 Å². The molecule has 4 rings (SSSR count). The highest BCUT2D eigenvalue weighted by Gasteiger charge is 2.20. The Morgan fingerprint density at radius 3 is 2.83 bits per heavy atom. The maximum absolute atomic E-state index is 12.5. The summed E-state index contributed by atoms with van der Waals surface area (Å²) in [5.41, 5.74) is 0.737. The first-order chi connectivity index (χ1) is 11.4. The number of hydrogen-bond acceptors (Lipinski definition) is 5. The Morgan fingerprint density at radius 2 is 2.08 bits per heavy atom. The van der Waals surface area contributed by atoms with Gasteiger partial charge in [0, 0.05) is 18.7 Å². The molecule has 124 valence electrons. The fourth-order valence-electron chi connectivity index (χ4n) is 2.91. The van der Waals surface area contributed by atoms with Crippen LogP contribution in [0.1, 0.15) is 18.0 Å². The molecule has 0 aliphatic carbocycles. The van der Waals surface area contributed by atoms with Crippen molar-refractivity contribution < 1.29 is 12.8 Å². The number of rotatable bonds is 3. The zero-order valence-electron chi connectivity index (χ0n) is 12.9. The molecule has 0 amide bonds. The van der Waals surface area contributed by atoms with Gasteiger partial charge in [0.1, 0.15) is 11.6 Å². The Kier molecular flexibility index (Phi) is 3.24. The molecule has 0 atom stereocenters. The number of sulfonamides is 1. The number of anilines is 1. The zero-order valence-corrected chi connectivity index (χ0v) is 13.8. The van der Waals surface area contributed by atoms with Gasteiger partial charge in [-0.05, 0) is 43.7 Å². The minimum absolute atomic E-state index is 0.137. The van der Waals surface area contributed by atoms with Crippen molar-refractivity contribution >= 4 is 26.6 Å². The maximum Gasteiger partial charge on any atom is 0.295 e. The van der Waals surface area contributed by atoms with Crippen molar-refractivity contribution in [2.75, 3.05) is 4.72 Å². The quantitative estimate of drug-likeness (QED) is 0.784. The Labute approximate surface area is 138 Å². The van der Waals surface area contributed by atoms with Gasteiger partial charge in [0.15, 0.2) is 0 Å². The number of aromatic nitrogens is 2. The second-order valence-corrected chi connectivity index (χ2v) is 7.40. The lowest BCUT2D eigenvalue weighted by molar-refractivity contribution is 0.430. The molecular formula is C16H15N3O4S. The van der Waals surface area contributed by atoms with Crippen molar-refractivity contribution in [3.05, 3.63) is 52.3 Å². The topological polar surface area (TPSA) is 94.2 Å². The van der Waals surface area contributed by atoms with E-state index in [0.29, 0.717) is 28.9 Å². The monoisotopic (exact) mass is 345 g/mol. The third kappa shape index (κ3) is 2.39. The number of aryl methyl sites for hydroxylation is 2. The Balaban J connectivity index is 1.77. The molecule has 0 bridgehead atoms. The molecule has 0 unspecified atom stereocenters. The van der Waals surface area contributed by atoms with E-state index in [4.69, 9.17) is 4.42 Å². The van der Waals surface area contributed by atoms with Crippen LogP contribution in [0.3, 0.4) is 0 Å². The number of hydrogen-bond donors (Lipinski definition) is 1. The van der Waals surface area contributed by atoms with Gasteiger partial charge in [-0.3, -0.25) is 14.1 Å². The summed E-state index contributed by atoms with van der Waals surface area (Å²) < 4.78 is 33.9. The molecular weight excluding hydrogens is 330 g/mol. The molecule has 1 aliphatic heterocycles. The number of furan rings is 1. The van der Waals surface area contributed by atoms with Gasteiger partial charge in [-0.15, -0.1) is 0 Å². The first-order valence-electron chi connectivity index (χ1n) is 7.57. The summed E-state index contributed by atoms with van der Waals surface area (Å²) in [6.45, 7) is 2.32. The third-order valence-electron chi connectivity index (χ3n) is 4.05. The van der Waals surface area contributed by atoms with E-state index >= 15 is 0 Å². The summed E-state index contributed by atoms with van der Waals surface area (Å²) in [4.78, 5) is 17.0. The fraction of sp³-hybridized carbons (Fsp3) is 0.250. The van der Waals surface area contributed by atoms with E-state index in [0.717, 1.165) is 18.7 Å². The largest absolute Gasteiger partial charge is 0.448 e. The molecule has 1 aliphatic rings. The molecule has 24 heavy (non-hydrogen) atoms. The first kappa shape index (κ1) is 14.9. The van der Waals surface area contributed by atoms with E-state index < -0.39 is 10.0 Å². The third-order valence-corrected chi connectivity index (χ3v) is 5.30. The van der Waals surface area contributed by atoms with Gasteiger partial charge >= 0.3 is 0 Å². The second kappa shape index (κ2) is 5.20. The highest BCUT2D eigenvalue weighted by atomic mass is 32.2. The average Bonchev–Trinajstić information content (AvgIpc) is 3.17. The molecule has 1 aromatic carbocycles. The van der Waals surface area contributed by atoms with Gasteiger partial charge in [0.05, 0.1) is 10.9 Å². The van der Waals surface area contributed by atoms with E-state index in [9.17, 15) is 13.2 Å². The maximum atomic E-state index is 12.5. The highest BCUT2D eigenvalue weighted by molar-refractivity contribution is 7.92. The standard InChI is InChI=1S/C16H15N3O4S/c1-10-4-7-15(23-10)24(21,22)18-11-5-6-13-12(9-11)16(20)19-8-2-3-14(19)17-13/h4-7,9,18H,2-3,8H2,1H3. The van der Waals surface area contributed by atoms with Crippen LogP contribution < -0.4 is 10.3 Å².